The zero-order valence-corrected chi connectivity index (χ0v) is 15.2. The Morgan fingerprint density at radius 1 is 1.22 bits per heavy atom. The van der Waals surface area contributed by atoms with Crippen LogP contribution in [0.25, 0.3) is 0 Å². The van der Waals surface area contributed by atoms with Gasteiger partial charge in [-0.25, -0.2) is 0 Å². The highest BCUT2D eigenvalue weighted by atomic mass is 35.5. The van der Waals surface area contributed by atoms with Gasteiger partial charge in [0.1, 0.15) is 11.5 Å². The van der Waals surface area contributed by atoms with Gasteiger partial charge in [-0.3, -0.25) is 4.79 Å². The normalized spacial score (nSPS) is 23.2. The smallest absolute Gasteiger partial charge is 0.416 e. The van der Waals surface area contributed by atoms with Crippen LogP contribution in [0.15, 0.2) is 36.4 Å². The summed E-state index contributed by atoms with van der Waals surface area (Å²) < 4.78 is 48.9. The first kappa shape index (κ1) is 18.2. The van der Waals surface area contributed by atoms with Gasteiger partial charge in [-0.15, -0.1) is 0 Å². The van der Waals surface area contributed by atoms with Gasteiger partial charge in [0, 0.05) is 5.41 Å². The van der Waals surface area contributed by atoms with Crippen LogP contribution in [-0.2, 0) is 27.5 Å². The summed E-state index contributed by atoms with van der Waals surface area (Å²) in [5, 5.41) is -0.112. The molecule has 142 valence electrons. The van der Waals surface area contributed by atoms with Crippen molar-refractivity contribution in [3.63, 3.8) is 0 Å². The van der Waals surface area contributed by atoms with E-state index >= 15 is 0 Å². The van der Waals surface area contributed by atoms with E-state index in [0.717, 1.165) is 42.5 Å². The highest BCUT2D eigenvalue weighted by molar-refractivity contribution is 6.32. The maximum absolute atomic E-state index is 12.8. The van der Waals surface area contributed by atoms with Gasteiger partial charge in [0.2, 0.25) is 0 Å². The molecule has 4 rings (SSSR count). The van der Waals surface area contributed by atoms with Crippen LogP contribution in [0.4, 0.5) is 13.2 Å². The Bertz CT molecular complexity index is 925. The third-order valence-corrected chi connectivity index (χ3v) is 5.80. The van der Waals surface area contributed by atoms with Crippen LogP contribution in [0.2, 0.25) is 5.02 Å². The fourth-order valence-electron chi connectivity index (χ4n) is 4.01. The topological polar surface area (TPSA) is 35.5 Å². The number of fused-ring (bicyclic) bond motifs is 2. The van der Waals surface area contributed by atoms with E-state index in [1.165, 1.54) is 13.2 Å². The minimum absolute atomic E-state index is 0.112. The number of alkyl halides is 3. The van der Waals surface area contributed by atoms with Gasteiger partial charge in [-0.05, 0) is 60.7 Å². The molecule has 0 radical (unpaired) electrons. The number of hydrogen-bond donors (Lipinski definition) is 0. The van der Waals surface area contributed by atoms with E-state index in [-0.39, 0.29) is 28.1 Å². The van der Waals surface area contributed by atoms with Gasteiger partial charge in [0.15, 0.2) is 0 Å². The SMILES string of the molecule is COC(=O)[C@@H]1C[C@]12CCc1ccc(Oc3ccc(C(F)(F)F)cc3Cl)cc12. The molecule has 2 atom stereocenters. The summed E-state index contributed by atoms with van der Waals surface area (Å²) in [6.45, 7) is 0. The molecule has 0 N–H and O–H groups in total. The summed E-state index contributed by atoms with van der Waals surface area (Å²) in [5.41, 5.74) is 1.18. The van der Waals surface area contributed by atoms with Crippen LogP contribution in [0, 0.1) is 5.92 Å². The molecule has 27 heavy (non-hydrogen) atoms. The predicted octanol–water partition coefficient (Wildman–Crippen LogP) is 5.53. The molecular formula is C20H16ClF3O3. The van der Waals surface area contributed by atoms with E-state index in [2.05, 4.69) is 0 Å². The first-order chi connectivity index (χ1) is 12.7. The van der Waals surface area contributed by atoms with Crippen molar-refractivity contribution >= 4 is 17.6 Å². The zero-order chi connectivity index (χ0) is 19.4. The number of rotatable bonds is 3. The van der Waals surface area contributed by atoms with E-state index in [4.69, 9.17) is 21.1 Å². The highest BCUT2D eigenvalue weighted by Crippen LogP contribution is 2.62. The van der Waals surface area contributed by atoms with Crippen molar-refractivity contribution in [1.29, 1.82) is 0 Å². The number of esters is 1. The minimum atomic E-state index is -4.46. The second-order valence-corrected chi connectivity index (χ2v) is 7.41. The Morgan fingerprint density at radius 2 is 2.00 bits per heavy atom. The molecule has 0 aliphatic heterocycles. The van der Waals surface area contributed by atoms with Crippen LogP contribution in [-0.4, -0.2) is 13.1 Å². The third-order valence-electron chi connectivity index (χ3n) is 5.51. The number of carbonyl (C=O) groups excluding carboxylic acids is 1. The second-order valence-electron chi connectivity index (χ2n) is 7.00. The summed E-state index contributed by atoms with van der Waals surface area (Å²) in [6.07, 6.45) is -1.95. The molecule has 2 aromatic carbocycles. The molecule has 0 unspecified atom stereocenters. The molecule has 2 aliphatic carbocycles. The maximum atomic E-state index is 12.8. The molecule has 0 aromatic heterocycles. The lowest BCUT2D eigenvalue weighted by Gasteiger charge is -2.14. The molecule has 2 aromatic rings. The first-order valence-corrected chi connectivity index (χ1v) is 8.88. The van der Waals surface area contributed by atoms with Crippen LogP contribution in [0.5, 0.6) is 11.5 Å². The quantitative estimate of drug-likeness (QED) is 0.640. The Balaban J connectivity index is 1.60. The van der Waals surface area contributed by atoms with Crippen LogP contribution < -0.4 is 4.74 Å². The average molecular weight is 397 g/mol. The number of halogens is 4. The monoisotopic (exact) mass is 396 g/mol. The number of methoxy groups -OCH3 is 1. The molecule has 1 fully saturated rings. The molecule has 0 bridgehead atoms. The van der Waals surface area contributed by atoms with E-state index < -0.39 is 11.7 Å². The van der Waals surface area contributed by atoms with Crippen LogP contribution >= 0.6 is 11.6 Å². The molecular weight excluding hydrogens is 381 g/mol. The van der Waals surface area contributed by atoms with Gasteiger partial charge in [0.25, 0.3) is 0 Å². The Kier molecular flexibility index (Phi) is 4.14. The average Bonchev–Trinajstić information content (AvgIpc) is 3.25. The van der Waals surface area contributed by atoms with Crippen molar-refractivity contribution in [2.75, 3.05) is 7.11 Å². The second kappa shape index (κ2) is 6.16. The molecule has 3 nitrogen and oxygen atoms in total. The number of ether oxygens (including phenoxy) is 2. The van der Waals surface area contributed by atoms with Crippen molar-refractivity contribution in [3.8, 4) is 11.5 Å². The van der Waals surface area contributed by atoms with Gasteiger partial charge in [-0.2, -0.15) is 13.2 Å². The lowest BCUT2D eigenvalue weighted by atomic mass is 9.95. The van der Waals surface area contributed by atoms with Crippen molar-refractivity contribution in [2.24, 2.45) is 5.92 Å². The summed E-state index contributed by atoms with van der Waals surface area (Å²) in [4.78, 5) is 11.9. The summed E-state index contributed by atoms with van der Waals surface area (Å²) in [5.74, 6) is 0.276. The Hall–Kier alpha value is -2.21. The molecule has 0 amide bonds. The number of aryl methyl sites for hydroxylation is 1. The predicted molar refractivity (Wildman–Crippen MR) is 93.1 cm³/mol. The molecule has 2 aliphatic rings. The zero-order valence-electron chi connectivity index (χ0n) is 14.4. The number of hydrogen-bond acceptors (Lipinski definition) is 3. The summed E-state index contributed by atoms with van der Waals surface area (Å²) in [6, 6.07) is 8.55. The number of carbonyl (C=O) groups is 1. The summed E-state index contributed by atoms with van der Waals surface area (Å²) in [7, 11) is 1.39. The largest absolute Gasteiger partial charge is 0.469 e. The number of benzene rings is 2. The third kappa shape index (κ3) is 3.06. The van der Waals surface area contributed by atoms with Crippen molar-refractivity contribution < 1.29 is 27.4 Å². The van der Waals surface area contributed by atoms with Gasteiger partial charge >= 0.3 is 12.1 Å². The van der Waals surface area contributed by atoms with E-state index in [0.29, 0.717) is 5.75 Å². The van der Waals surface area contributed by atoms with E-state index in [1.807, 2.05) is 12.1 Å². The Morgan fingerprint density at radius 3 is 2.67 bits per heavy atom. The fourth-order valence-corrected chi connectivity index (χ4v) is 4.23. The lowest BCUT2D eigenvalue weighted by Crippen LogP contribution is -2.13. The van der Waals surface area contributed by atoms with Crippen molar-refractivity contribution in [3.05, 3.63) is 58.1 Å². The molecule has 1 spiro atoms. The van der Waals surface area contributed by atoms with E-state index in [1.54, 1.807) is 6.07 Å². The molecule has 0 saturated heterocycles. The molecule has 1 saturated carbocycles. The highest BCUT2D eigenvalue weighted by Gasteiger charge is 2.62. The maximum Gasteiger partial charge on any atom is 0.416 e. The Labute approximate surface area is 159 Å². The van der Waals surface area contributed by atoms with Gasteiger partial charge < -0.3 is 9.47 Å². The van der Waals surface area contributed by atoms with Gasteiger partial charge in [-0.1, -0.05) is 17.7 Å². The van der Waals surface area contributed by atoms with Crippen LogP contribution in [0.3, 0.4) is 0 Å². The standard InChI is InChI=1S/C20H16ClF3O3/c1-26-18(25)15-10-19(15)7-6-11-2-4-13(9-14(11)19)27-17-5-3-12(8-16(17)21)20(22,23)24/h2-5,8-9,15H,6-7,10H2,1H3/t15-,19-/m0/s1. The fraction of sp³-hybridized carbons (Fsp3) is 0.350. The van der Waals surface area contributed by atoms with Gasteiger partial charge in [0.05, 0.1) is 23.6 Å². The molecule has 0 heterocycles. The molecule has 7 heteroatoms. The van der Waals surface area contributed by atoms with Crippen LogP contribution in [0.1, 0.15) is 29.5 Å². The lowest BCUT2D eigenvalue weighted by molar-refractivity contribution is -0.142. The van der Waals surface area contributed by atoms with E-state index in [9.17, 15) is 18.0 Å². The first-order valence-electron chi connectivity index (χ1n) is 8.50. The minimum Gasteiger partial charge on any atom is -0.469 e. The summed E-state index contributed by atoms with van der Waals surface area (Å²) >= 11 is 5.97. The van der Waals surface area contributed by atoms with Crippen molar-refractivity contribution in [2.45, 2.75) is 30.9 Å². The van der Waals surface area contributed by atoms with Crippen molar-refractivity contribution in [1.82, 2.24) is 0 Å².